The second kappa shape index (κ2) is 7.28. The molecule has 2 aromatic rings. The smallest absolute Gasteiger partial charge is 0.127 e. The van der Waals surface area contributed by atoms with E-state index in [0.717, 1.165) is 17.1 Å². The molecule has 5 nitrogen and oxygen atoms in total. The molecule has 2 heterocycles. The summed E-state index contributed by atoms with van der Waals surface area (Å²) in [4.78, 5) is 0. The maximum Gasteiger partial charge on any atom is 0.127 e. The minimum Gasteiger partial charge on any atom is -0.364 e. The molecule has 0 atom stereocenters. The van der Waals surface area contributed by atoms with Gasteiger partial charge in [0.05, 0.1) is 25.0 Å². The molecule has 112 valence electrons. The number of alkyl halides is 1. The first kappa shape index (κ1) is 16.5. The fourth-order valence-electron chi connectivity index (χ4n) is 2.08. The van der Waals surface area contributed by atoms with E-state index in [9.17, 15) is 4.39 Å². The number of nitrogens with one attached hydrogen (secondary N) is 1. The van der Waals surface area contributed by atoms with Crippen molar-refractivity contribution in [1.82, 2.24) is 19.6 Å². The fraction of sp³-hybridized carbons (Fsp3) is 0.538. The number of aromatic nitrogens is 4. The van der Waals surface area contributed by atoms with Crippen molar-refractivity contribution in [3.05, 3.63) is 29.7 Å². The maximum absolute atomic E-state index is 12.4. The van der Waals surface area contributed by atoms with Crippen molar-refractivity contribution in [2.24, 2.45) is 0 Å². The third kappa shape index (κ3) is 3.50. The van der Waals surface area contributed by atoms with Crippen molar-refractivity contribution >= 4 is 18.2 Å². The maximum atomic E-state index is 12.4. The predicted molar refractivity (Wildman–Crippen MR) is 80.1 cm³/mol. The Hall–Kier alpha value is -1.56. The lowest BCUT2D eigenvalue weighted by molar-refractivity contribution is 0.429. The van der Waals surface area contributed by atoms with Crippen LogP contribution in [0, 0.1) is 6.92 Å². The van der Waals surface area contributed by atoms with Gasteiger partial charge < -0.3 is 5.32 Å². The number of nitrogens with zero attached hydrogens (tertiary/aromatic N) is 4. The Morgan fingerprint density at radius 2 is 2.10 bits per heavy atom. The molecule has 2 aromatic heterocycles. The zero-order chi connectivity index (χ0) is 13.8. The quantitative estimate of drug-likeness (QED) is 0.892. The molecule has 0 aliphatic rings. The van der Waals surface area contributed by atoms with E-state index < -0.39 is 6.67 Å². The number of hydrogen-bond acceptors (Lipinski definition) is 3. The Labute approximate surface area is 124 Å². The van der Waals surface area contributed by atoms with Crippen LogP contribution < -0.4 is 5.32 Å². The van der Waals surface area contributed by atoms with Gasteiger partial charge in [0.15, 0.2) is 0 Å². The van der Waals surface area contributed by atoms with Gasteiger partial charge in [0.25, 0.3) is 0 Å². The van der Waals surface area contributed by atoms with E-state index in [-0.39, 0.29) is 19.0 Å². The molecular weight excluding hydrogens is 281 g/mol. The number of anilines is 1. The molecule has 0 aromatic carbocycles. The van der Waals surface area contributed by atoms with Gasteiger partial charge >= 0.3 is 0 Å². The molecule has 0 aliphatic carbocycles. The second-order valence-corrected chi connectivity index (χ2v) is 4.80. The Bertz CT molecular complexity index is 535. The van der Waals surface area contributed by atoms with Gasteiger partial charge in [0.2, 0.25) is 0 Å². The Morgan fingerprint density at radius 3 is 2.75 bits per heavy atom. The van der Waals surface area contributed by atoms with Crippen LogP contribution >= 0.6 is 12.4 Å². The van der Waals surface area contributed by atoms with Crippen molar-refractivity contribution in [1.29, 1.82) is 0 Å². The third-order valence-electron chi connectivity index (χ3n) is 3.00. The van der Waals surface area contributed by atoms with Crippen molar-refractivity contribution in [3.63, 3.8) is 0 Å². The summed E-state index contributed by atoms with van der Waals surface area (Å²) in [6.07, 6.45) is 3.54. The van der Waals surface area contributed by atoms with Crippen LogP contribution in [0.5, 0.6) is 0 Å². The Morgan fingerprint density at radius 1 is 1.35 bits per heavy atom. The number of hydrogen-bond donors (Lipinski definition) is 1. The van der Waals surface area contributed by atoms with Crippen LogP contribution in [0.1, 0.15) is 31.1 Å². The summed E-state index contributed by atoms with van der Waals surface area (Å²) < 4.78 is 16.1. The molecule has 0 radical (unpaired) electrons. The normalized spacial score (nSPS) is 10.7. The summed E-state index contributed by atoms with van der Waals surface area (Å²) in [5.74, 6) is 0.870. The highest BCUT2D eigenvalue weighted by molar-refractivity contribution is 5.85. The molecule has 20 heavy (non-hydrogen) atoms. The van der Waals surface area contributed by atoms with Crippen LogP contribution in [-0.2, 0) is 13.1 Å². The van der Waals surface area contributed by atoms with E-state index >= 15 is 0 Å². The summed E-state index contributed by atoms with van der Waals surface area (Å²) in [6.45, 7) is 6.66. The predicted octanol–water partition coefficient (Wildman–Crippen LogP) is 2.97. The topological polar surface area (TPSA) is 47.7 Å². The summed E-state index contributed by atoms with van der Waals surface area (Å²) >= 11 is 0. The summed E-state index contributed by atoms with van der Waals surface area (Å²) in [6, 6.07) is 2.31. The first-order valence-electron chi connectivity index (χ1n) is 6.48. The Balaban J connectivity index is 0.00000200. The standard InChI is InChI=1S/C13H20FN5.ClH/c1-10(2)19-12(4-6-16-19)9-15-13-11(3)8-17-18(13)7-5-14;/h4,6,8,10,15H,5,7,9H2,1-3H3;1H. The number of aryl methyl sites for hydroxylation is 2. The van der Waals surface area contributed by atoms with Crippen LogP contribution in [0.25, 0.3) is 0 Å². The molecule has 0 bridgehead atoms. The lowest BCUT2D eigenvalue weighted by Crippen LogP contribution is -2.14. The van der Waals surface area contributed by atoms with E-state index in [1.807, 2.05) is 17.7 Å². The van der Waals surface area contributed by atoms with Gasteiger partial charge in [0.1, 0.15) is 12.5 Å². The molecule has 0 fully saturated rings. The molecule has 0 aliphatic heterocycles. The molecular formula is C13H21ClFN5. The van der Waals surface area contributed by atoms with E-state index in [4.69, 9.17) is 0 Å². The van der Waals surface area contributed by atoms with Gasteiger partial charge in [-0.1, -0.05) is 0 Å². The van der Waals surface area contributed by atoms with Gasteiger partial charge in [0, 0.05) is 17.8 Å². The Kier molecular flexibility index (Phi) is 6.01. The molecule has 7 heteroatoms. The lowest BCUT2D eigenvalue weighted by atomic mass is 10.3. The first-order valence-corrected chi connectivity index (χ1v) is 6.48. The van der Waals surface area contributed by atoms with E-state index in [1.54, 1.807) is 17.1 Å². The van der Waals surface area contributed by atoms with Gasteiger partial charge in [-0.05, 0) is 26.8 Å². The molecule has 1 N–H and O–H groups in total. The van der Waals surface area contributed by atoms with Crippen molar-refractivity contribution in [3.8, 4) is 0 Å². The van der Waals surface area contributed by atoms with Gasteiger partial charge in [-0.15, -0.1) is 12.4 Å². The van der Waals surface area contributed by atoms with Gasteiger partial charge in [-0.3, -0.25) is 4.68 Å². The zero-order valence-electron chi connectivity index (χ0n) is 12.0. The lowest BCUT2D eigenvalue weighted by Gasteiger charge is -2.13. The monoisotopic (exact) mass is 301 g/mol. The van der Waals surface area contributed by atoms with Gasteiger partial charge in [-0.25, -0.2) is 9.07 Å². The molecule has 0 saturated heterocycles. The third-order valence-corrected chi connectivity index (χ3v) is 3.00. The molecule has 2 rings (SSSR count). The van der Waals surface area contributed by atoms with E-state index in [0.29, 0.717) is 12.6 Å². The molecule has 0 amide bonds. The average Bonchev–Trinajstić information content (AvgIpc) is 2.95. The fourth-order valence-corrected chi connectivity index (χ4v) is 2.08. The summed E-state index contributed by atoms with van der Waals surface area (Å²) in [7, 11) is 0. The molecule has 0 saturated carbocycles. The van der Waals surface area contributed by atoms with Gasteiger partial charge in [-0.2, -0.15) is 10.2 Å². The summed E-state index contributed by atoms with van der Waals surface area (Å²) in [5.41, 5.74) is 2.12. The highest BCUT2D eigenvalue weighted by Crippen LogP contribution is 2.16. The van der Waals surface area contributed by atoms with Crippen molar-refractivity contribution in [2.45, 2.75) is 39.9 Å². The van der Waals surface area contributed by atoms with Crippen molar-refractivity contribution < 1.29 is 4.39 Å². The van der Waals surface area contributed by atoms with Crippen LogP contribution in [0.3, 0.4) is 0 Å². The highest BCUT2D eigenvalue weighted by Gasteiger charge is 2.09. The van der Waals surface area contributed by atoms with Crippen LogP contribution in [0.2, 0.25) is 0 Å². The summed E-state index contributed by atoms with van der Waals surface area (Å²) in [5, 5.41) is 11.8. The zero-order valence-corrected chi connectivity index (χ0v) is 12.8. The van der Waals surface area contributed by atoms with Crippen molar-refractivity contribution in [2.75, 3.05) is 12.0 Å². The molecule has 0 spiro atoms. The average molecular weight is 302 g/mol. The largest absolute Gasteiger partial charge is 0.364 e. The SMILES string of the molecule is Cc1cnn(CCF)c1NCc1ccnn1C(C)C.Cl. The highest BCUT2D eigenvalue weighted by atomic mass is 35.5. The van der Waals surface area contributed by atoms with E-state index in [2.05, 4.69) is 29.4 Å². The molecule has 0 unspecified atom stereocenters. The van der Waals surface area contributed by atoms with Crippen LogP contribution in [-0.4, -0.2) is 26.2 Å². The second-order valence-electron chi connectivity index (χ2n) is 4.80. The minimum absolute atomic E-state index is 0. The van der Waals surface area contributed by atoms with Crippen LogP contribution in [0.15, 0.2) is 18.5 Å². The minimum atomic E-state index is -0.417. The number of halogens is 2. The number of rotatable bonds is 6. The first-order chi connectivity index (χ1) is 9.13. The van der Waals surface area contributed by atoms with Crippen LogP contribution in [0.4, 0.5) is 10.2 Å². The van der Waals surface area contributed by atoms with E-state index in [1.165, 1.54) is 0 Å².